The van der Waals surface area contributed by atoms with Crippen LogP contribution in [0.1, 0.15) is 11.3 Å². The molecule has 0 bridgehead atoms. The summed E-state index contributed by atoms with van der Waals surface area (Å²) >= 11 is 13.6. The molecule has 4 rings (SSSR count). The number of benzene rings is 2. The summed E-state index contributed by atoms with van der Waals surface area (Å²) in [6.07, 6.45) is 1.79. The number of para-hydroxylation sites is 1. The molecule has 1 N–H and O–H groups in total. The van der Waals surface area contributed by atoms with Crippen molar-refractivity contribution in [2.45, 2.75) is 18.2 Å². The Hall–Kier alpha value is -3.18. The fourth-order valence-electron chi connectivity index (χ4n) is 3.37. The summed E-state index contributed by atoms with van der Waals surface area (Å²) in [7, 11) is 0. The van der Waals surface area contributed by atoms with Crippen molar-refractivity contribution in [2.75, 3.05) is 4.90 Å². The predicted molar refractivity (Wildman–Crippen MR) is 129 cm³/mol. The van der Waals surface area contributed by atoms with Crippen LogP contribution in [-0.2, 0) is 22.6 Å². The van der Waals surface area contributed by atoms with Crippen LogP contribution in [0.5, 0.6) is 0 Å². The second kappa shape index (κ2) is 10.2. The molecule has 166 valence electrons. The first-order valence-electron chi connectivity index (χ1n) is 9.92. The van der Waals surface area contributed by atoms with E-state index in [0.717, 1.165) is 11.8 Å². The number of carbonyl (C=O) groups excluding carboxylic acids is 2. The topological polar surface area (TPSA) is 86.3 Å². The van der Waals surface area contributed by atoms with E-state index in [9.17, 15) is 14.9 Å². The smallest absolute Gasteiger partial charge is 0.265 e. The highest BCUT2D eigenvalue weighted by molar-refractivity contribution is 8.05. The number of hydrogen-bond donors (Lipinski definition) is 1. The summed E-state index contributed by atoms with van der Waals surface area (Å²) in [4.78, 5) is 27.7. The highest BCUT2D eigenvalue weighted by Crippen LogP contribution is 2.42. The zero-order chi connectivity index (χ0) is 23.4. The van der Waals surface area contributed by atoms with Gasteiger partial charge in [0.15, 0.2) is 0 Å². The maximum Gasteiger partial charge on any atom is 0.265 e. The lowest BCUT2D eigenvalue weighted by atomic mass is 10.1. The molecule has 1 aliphatic heterocycles. The minimum atomic E-state index is -0.591. The van der Waals surface area contributed by atoms with Gasteiger partial charge < -0.3 is 9.73 Å². The Bertz CT molecular complexity index is 1250. The quantitative estimate of drug-likeness (QED) is 0.367. The van der Waals surface area contributed by atoms with Gasteiger partial charge in [-0.25, -0.2) is 0 Å². The van der Waals surface area contributed by atoms with Gasteiger partial charge in [-0.1, -0.05) is 53.2 Å². The van der Waals surface area contributed by atoms with Crippen molar-refractivity contribution in [2.24, 2.45) is 0 Å². The maximum atomic E-state index is 13.4. The number of anilines is 1. The number of thioether (sulfide) groups is 1. The number of nitrogens with one attached hydrogen (secondary N) is 1. The van der Waals surface area contributed by atoms with Crippen LogP contribution in [0.3, 0.4) is 0 Å². The van der Waals surface area contributed by atoms with E-state index < -0.39 is 11.2 Å². The third-order valence-corrected chi connectivity index (χ3v) is 6.80. The molecule has 1 saturated heterocycles. The Morgan fingerprint density at radius 2 is 1.94 bits per heavy atom. The van der Waals surface area contributed by atoms with Crippen LogP contribution in [0, 0.1) is 11.3 Å². The standard InChI is InChI=1S/C24H17Cl2N3O3S/c25-16-8-9-20(26)15(11-16)12-21-23(31)29(17-5-2-1-3-6-17)24(33-21)19(13-27)22(30)28-14-18-7-4-10-32-18/h1-11,21H,12,14H2,(H,28,30). The minimum Gasteiger partial charge on any atom is -0.467 e. The maximum absolute atomic E-state index is 13.4. The SMILES string of the molecule is N#CC(C(=O)NCc1ccco1)=C1SC(Cc2cc(Cl)ccc2Cl)C(=O)N1c1ccccc1. The van der Waals surface area contributed by atoms with E-state index in [-0.39, 0.29) is 23.1 Å². The van der Waals surface area contributed by atoms with E-state index >= 15 is 0 Å². The largest absolute Gasteiger partial charge is 0.467 e. The van der Waals surface area contributed by atoms with Gasteiger partial charge in [-0.05, 0) is 54.4 Å². The van der Waals surface area contributed by atoms with Crippen molar-refractivity contribution < 1.29 is 14.0 Å². The molecule has 2 aromatic carbocycles. The molecule has 0 saturated carbocycles. The van der Waals surface area contributed by atoms with Gasteiger partial charge >= 0.3 is 0 Å². The lowest BCUT2D eigenvalue weighted by Crippen LogP contribution is -2.32. The lowest BCUT2D eigenvalue weighted by Gasteiger charge is -2.18. The molecule has 1 aromatic heterocycles. The molecule has 0 radical (unpaired) electrons. The first kappa shape index (κ1) is 23.0. The van der Waals surface area contributed by atoms with E-state index in [1.807, 2.05) is 12.1 Å². The average molecular weight is 498 g/mol. The number of nitriles is 1. The molecular formula is C24H17Cl2N3O3S. The summed E-state index contributed by atoms with van der Waals surface area (Å²) in [6, 6.07) is 19.4. The number of rotatable bonds is 6. The molecule has 0 spiro atoms. The van der Waals surface area contributed by atoms with Crippen LogP contribution >= 0.6 is 35.0 Å². The summed E-state index contributed by atoms with van der Waals surface area (Å²) in [6.45, 7) is 0.121. The second-order valence-electron chi connectivity index (χ2n) is 7.11. The third-order valence-electron chi connectivity index (χ3n) is 4.94. The van der Waals surface area contributed by atoms with E-state index in [2.05, 4.69) is 5.32 Å². The number of hydrogen-bond acceptors (Lipinski definition) is 5. The number of carbonyl (C=O) groups is 2. The molecular weight excluding hydrogens is 481 g/mol. The molecule has 1 unspecified atom stereocenters. The molecule has 0 aliphatic carbocycles. The lowest BCUT2D eigenvalue weighted by molar-refractivity contribution is -0.117. The Morgan fingerprint density at radius 1 is 1.15 bits per heavy atom. The summed E-state index contributed by atoms with van der Waals surface area (Å²) in [5, 5.41) is 13.2. The normalized spacial score (nSPS) is 17.1. The highest BCUT2D eigenvalue weighted by Gasteiger charge is 2.41. The van der Waals surface area contributed by atoms with Crippen molar-refractivity contribution in [3.05, 3.63) is 98.9 Å². The van der Waals surface area contributed by atoms with Gasteiger partial charge in [0, 0.05) is 15.7 Å². The Kier molecular flexibility index (Phi) is 7.09. The minimum absolute atomic E-state index is 0.121. The third kappa shape index (κ3) is 5.09. The van der Waals surface area contributed by atoms with E-state index in [1.54, 1.807) is 54.6 Å². The highest BCUT2D eigenvalue weighted by atomic mass is 35.5. The molecule has 3 aromatic rings. The Labute approximate surface area is 204 Å². The van der Waals surface area contributed by atoms with Gasteiger partial charge in [0.05, 0.1) is 18.1 Å². The number of halogens is 2. The summed E-state index contributed by atoms with van der Waals surface area (Å²) in [5.74, 6) is -0.287. The van der Waals surface area contributed by atoms with Crippen molar-refractivity contribution in [1.29, 1.82) is 5.26 Å². The van der Waals surface area contributed by atoms with Crippen molar-refractivity contribution >= 4 is 52.5 Å². The van der Waals surface area contributed by atoms with Crippen LogP contribution in [0.2, 0.25) is 10.0 Å². The number of nitrogens with zero attached hydrogens (tertiary/aromatic N) is 2. The molecule has 33 heavy (non-hydrogen) atoms. The predicted octanol–water partition coefficient (Wildman–Crippen LogP) is 5.33. The van der Waals surface area contributed by atoms with Gasteiger partial charge in [-0.2, -0.15) is 5.26 Å². The number of amides is 2. The molecule has 1 aliphatic rings. The Balaban J connectivity index is 1.68. The van der Waals surface area contributed by atoms with E-state index in [0.29, 0.717) is 33.5 Å². The van der Waals surface area contributed by atoms with Crippen LogP contribution < -0.4 is 10.2 Å². The van der Waals surface area contributed by atoms with Crippen LogP contribution in [0.15, 0.2) is 81.9 Å². The first-order valence-corrected chi connectivity index (χ1v) is 11.6. The fourth-order valence-corrected chi connectivity index (χ4v) is 5.05. The van der Waals surface area contributed by atoms with E-state index in [1.165, 1.54) is 11.2 Å². The van der Waals surface area contributed by atoms with Crippen molar-refractivity contribution in [1.82, 2.24) is 5.32 Å². The zero-order valence-corrected chi connectivity index (χ0v) is 19.5. The fraction of sp³-hybridized carbons (Fsp3) is 0.125. The molecule has 2 amide bonds. The van der Waals surface area contributed by atoms with Gasteiger partial charge in [-0.3, -0.25) is 14.5 Å². The van der Waals surface area contributed by atoms with Gasteiger partial charge in [0.2, 0.25) is 5.91 Å². The zero-order valence-electron chi connectivity index (χ0n) is 17.1. The van der Waals surface area contributed by atoms with Crippen molar-refractivity contribution in [3.63, 3.8) is 0 Å². The molecule has 1 fully saturated rings. The average Bonchev–Trinajstić information content (AvgIpc) is 3.44. The van der Waals surface area contributed by atoms with Crippen molar-refractivity contribution in [3.8, 4) is 6.07 Å². The number of furan rings is 1. The van der Waals surface area contributed by atoms with Gasteiger partial charge in [0.1, 0.15) is 22.4 Å². The second-order valence-corrected chi connectivity index (χ2v) is 9.14. The molecule has 9 heteroatoms. The van der Waals surface area contributed by atoms with Gasteiger partial charge in [-0.15, -0.1) is 0 Å². The first-order chi connectivity index (χ1) is 16.0. The summed E-state index contributed by atoms with van der Waals surface area (Å²) < 4.78 is 5.23. The van der Waals surface area contributed by atoms with Crippen LogP contribution in [0.25, 0.3) is 0 Å². The Morgan fingerprint density at radius 3 is 2.64 bits per heavy atom. The van der Waals surface area contributed by atoms with E-state index in [4.69, 9.17) is 27.6 Å². The molecule has 2 heterocycles. The molecule has 6 nitrogen and oxygen atoms in total. The van der Waals surface area contributed by atoms with Crippen LogP contribution in [0.4, 0.5) is 5.69 Å². The van der Waals surface area contributed by atoms with Crippen LogP contribution in [-0.4, -0.2) is 17.1 Å². The van der Waals surface area contributed by atoms with Gasteiger partial charge in [0.25, 0.3) is 5.91 Å². The summed E-state index contributed by atoms with van der Waals surface area (Å²) in [5.41, 5.74) is 1.13. The molecule has 1 atom stereocenters. The monoisotopic (exact) mass is 497 g/mol.